The van der Waals surface area contributed by atoms with Gasteiger partial charge in [0, 0.05) is 0 Å². The van der Waals surface area contributed by atoms with Gasteiger partial charge in [0.2, 0.25) is 5.12 Å². The van der Waals surface area contributed by atoms with Crippen LogP contribution in [0.2, 0.25) is 0 Å². The Labute approximate surface area is 86.6 Å². The van der Waals surface area contributed by atoms with E-state index in [1.807, 2.05) is 43.0 Å². The Bertz CT molecular complexity index is 339. The Kier molecular flexibility index (Phi) is 3.21. The van der Waals surface area contributed by atoms with Crippen molar-refractivity contribution in [1.29, 1.82) is 0 Å². The molecule has 0 saturated carbocycles. The van der Waals surface area contributed by atoms with Crippen molar-refractivity contribution >= 4 is 15.1 Å². The number of para-hydroxylation sites is 1. The molecule has 0 heterocycles. The maximum atomic E-state index is 12.0. The number of ether oxygens (including phenoxy) is 1. The third kappa shape index (κ3) is 2.29. The molecule has 14 heavy (non-hydrogen) atoms. The van der Waals surface area contributed by atoms with Gasteiger partial charge in [-0.05, 0) is 30.9 Å². The molecule has 0 aromatic heterocycles. The molecule has 0 amide bonds. The van der Waals surface area contributed by atoms with E-state index in [0.29, 0.717) is 11.3 Å². The molecule has 0 radical (unpaired) electrons. The fourth-order valence-electron chi connectivity index (χ4n) is 1.14. The topological polar surface area (TPSA) is 26.3 Å². The first kappa shape index (κ1) is 11.1. The summed E-state index contributed by atoms with van der Waals surface area (Å²) in [5.41, 5.74) is 0.692. The molecule has 2 nitrogen and oxygen atoms in total. The van der Waals surface area contributed by atoms with E-state index in [2.05, 4.69) is 0 Å². The molecule has 1 rings (SSSR count). The quantitative estimate of drug-likeness (QED) is 0.753. The van der Waals surface area contributed by atoms with Gasteiger partial charge in [-0.2, -0.15) is 10.0 Å². The van der Waals surface area contributed by atoms with Crippen LogP contribution in [0.5, 0.6) is 5.75 Å². The van der Waals surface area contributed by atoms with Crippen molar-refractivity contribution in [3.05, 3.63) is 29.8 Å². The average Bonchev–Trinajstić information content (AvgIpc) is 2.15. The first-order valence-electron chi connectivity index (χ1n) is 4.32. The van der Waals surface area contributed by atoms with E-state index >= 15 is 0 Å². The van der Waals surface area contributed by atoms with Crippen molar-refractivity contribution in [2.75, 3.05) is 25.9 Å². The molecular weight excluding hydrogens is 196 g/mol. The van der Waals surface area contributed by atoms with Crippen LogP contribution in [0, 0.1) is 0 Å². The van der Waals surface area contributed by atoms with Crippen molar-refractivity contribution in [3.8, 4) is 5.75 Å². The molecule has 0 spiro atoms. The summed E-state index contributed by atoms with van der Waals surface area (Å²) in [6.45, 7) is 0. The third-order valence-electron chi connectivity index (χ3n) is 1.88. The van der Waals surface area contributed by atoms with Gasteiger partial charge in [-0.25, -0.2) is 0 Å². The lowest BCUT2D eigenvalue weighted by molar-refractivity contribution is 0.108. The summed E-state index contributed by atoms with van der Waals surface area (Å²) in [6, 6.07) is 7.37. The van der Waals surface area contributed by atoms with Gasteiger partial charge >= 0.3 is 0 Å². The third-order valence-corrected chi connectivity index (χ3v) is 3.22. The van der Waals surface area contributed by atoms with Crippen molar-refractivity contribution < 1.29 is 9.53 Å². The highest BCUT2D eigenvalue weighted by atomic mass is 32.3. The molecule has 0 bridgehead atoms. The molecule has 0 saturated heterocycles. The van der Waals surface area contributed by atoms with Crippen LogP contribution in [-0.2, 0) is 0 Å². The molecule has 0 aliphatic carbocycles. The lowest BCUT2D eigenvalue weighted by Gasteiger charge is -2.23. The monoisotopic (exact) mass is 212 g/mol. The second-order valence-electron chi connectivity index (χ2n) is 3.82. The van der Waals surface area contributed by atoms with Gasteiger partial charge in [0.15, 0.2) is 0 Å². The molecule has 1 aromatic carbocycles. The van der Waals surface area contributed by atoms with Gasteiger partial charge in [-0.3, -0.25) is 4.79 Å². The summed E-state index contributed by atoms with van der Waals surface area (Å²) in [5.74, 6) is 0.667. The van der Waals surface area contributed by atoms with E-state index < -0.39 is 10.0 Å². The highest BCUT2D eigenvalue weighted by Gasteiger charge is 2.20. The van der Waals surface area contributed by atoms with E-state index in [1.54, 1.807) is 7.11 Å². The highest BCUT2D eigenvalue weighted by Crippen LogP contribution is 2.41. The Morgan fingerprint density at radius 3 is 2.29 bits per heavy atom. The number of carbonyl (C=O) groups excluding carboxylic acids is 1. The number of rotatable bonds is 2. The second kappa shape index (κ2) is 4.05. The van der Waals surface area contributed by atoms with Gasteiger partial charge in [0.1, 0.15) is 5.75 Å². The van der Waals surface area contributed by atoms with Crippen LogP contribution >= 0.6 is 10.0 Å². The zero-order valence-corrected chi connectivity index (χ0v) is 9.85. The van der Waals surface area contributed by atoms with Gasteiger partial charge in [-0.15, -0.1) is 0 Å². The fraction of sp³-hybridized carbons (Fsp3) is 0.364. The minimum Gasteiger partial charge on any atom is -0.496 e. The smallest absolute Gasteiger partial charge is 0.205 e. The number of hydrogen-bond donors (Lipinski definition) is 0. The van der Waals surface area contributed by atoms with Crippen molar-refractivity contribution in [2.45, 2.75) is 0 Å². The molecule has 0 aliphatic heterocycles. The Hall–Kier alpha value is -0.960. The molecule has 1 aromatic rings. The lowest BCUT2D eigenvalue weighted by atomic mass is 10.2. The minimum atomic E-state index is -1.21. The molecule has 3 heteroatoms. The van der Waals surface area contributed by atoms with Crippen LogP contribution in [-0.4, -0.2) is 31.0 Å². The molecule has 0 aliphatic rings. The Balaban J connectivity index is 3.13. The maximum Gasteiger partial charge on any atom is 0.205 e. The number of benzene rings is 1. The van der Waals surface area contributed by atoms with Gasteiger partial charge in [-0.1, -0.05) is 12.1 Å². The summed E-state index contributed by atoms with van der Waals surface area (Å²) in [7, 11) is 0.380. The SMILES string of the molecule is COc1ccccc1C(=O)S(C)(C)C. The summed E-state index contributed by atoms with van der Waals surface area (Å²) in [4.78, 5) is 12.0. The second-order valence-corrected chi connectivity index (χ2v) is 7.87. The van der Waals surface area contributed by atoms with Crippen LogP contribution in [0.1, 0.15) is 10.4 Å². The van der Waals surface area contributed by atoms with E-state index in [0.717, 1.165) is 0 Å². The van der Waals surface area contributed by atoms with Gasteiger partial charge in [0.05, 0.1) is 12.7 Å². The van der Waals surface area contributed by atoms with Crippen molar-refractivity contribution in [3.63, 3.8) is 0 Å². The Morgan fingerprint density at radius 1 is 1.21 bits per heavy atom. The number of hydrogen-bond acceptors (Lipinski definition) is 2. The summed E-state index contributed by atoms with van der Waals surface area (Å²) in [6.07, 6.45) is 5.96. The van der Waals surface area contributed by atoms with E-state index in [-0.39, 0.29) is 5.12 Å². The van der Waals surface area contributed by atoms with Crippen molar-refractivity contribution in [2.24, 2.45) is 0 Å². The standard InChI is InChI=1S/C11H16O2S/c1-13-10-8-6-5-7-9(10)11(12)14(2,3)4/h5-8H,1-4H3. The summed E-state index contributed by atoms with van der Waals surface area (Å²) < 4.78 is 5.15. The van der Waals surface area contributed by atoms with E-state index in [4.69, 9.17) is 4.74 Å². The van der Waals surface area contributed by atoms with E-state index in [1.165, 1.54) is 0 Å². The molecule has 0 fully saturated rings. The predicted octanol–water partition coefficient (Wildman–Crippen LogP) is 2.53. The van der Waals surface area contributed by atoms with Crippen LogP contribution in [0.4, 0.5) is 0 Å². The molecule has 0 atom stereocenters. The number of carbonyl (C=O) groups is 1. The van der Waals surface area contributed by atoms with Gasteiger partial charge in [0.25, 0.3) is 0 Å². The van der Waals surface area contributed by atoms with Crippen LogP contribution in [0.15, 0.2) is 24.3 Å². The van der Waals surface area contributed by atoms with Crippen LogP contribution in [0.3, 0.4) is 0 Å². The Morgan fingerprint density at radius 2 is 1.79 bits per heavy atom. The molecule has 78 valence electrons. The van der Waals surface area contributed by atoms with Crippen LogP contribution in [0.25, 0.3) is 0 Å². The van der Waals surface area contributed by atoms with Gasteiger partial charge < -0.3 is 4.74 Å². The fourth-order valence-corrected chi connectivity index (χ4v) is 1.97. The summed E-state index contributed by atoms with van der Waals surface area (Å²) >= 11 is 0. The number of methoxy groups -OCH3 is 1. The minimum absolute atomic E-state index is 0.190. The summed E-state index contributed by atoms with van der Waals surface area (Å²) in [5, 5.41) is 0.190. The molecular formula is C11H16O2S. The molecule has 0 N–H and O–H groups in total. The highest BCUT2D eigenvalue weighted by molar-refractivity contribution is 8.44. The maximum absolute atomic E-state index is 12.0. The zero-order chi connectivity index (χ0) is 10.8. The zero-order valence-electron chi connectivity index (χ0n) is 9.03. The predicted molar refractivity (Wildman–Crippen MR) is 62.7 cm³/mol. The average molecular weight is 212 g/mol. The first-order chi connectivity index (χ1) is 6.46. The largest absolute Gasteiger partial charge is 0.496 e. The first-order valence-corrected chi connectivity index (χ1v) is 7.18. The lowest BCUT2D eigenvalue weighted by Crippen LogP contribution is -2.09. The molecule has 0 unspecified atom stereocenters. The van der Waals surface area contributed by atoms with E-state index in [9.17, 15) is 4.79 Å². The normalized spacial score (nSPS) is 12.3. The van der Waals surface area contributed by atoms with Crippen LogP contribution < -0.4 is 4.74 Å². The van der Waals surface area contributed by atoms with Crippen molar-refractivity contribution in [1.82, 2.24) is 0 Å².